The lowest BCUT2D eigenvalue weighted by molar-refractivity contribution is -0.153. The molecule has 6 N–H and O–H groups in total. The number of aliphatic hydroxyl groups is 3. The molecule has 1 saturated carbocycles. The molecule has 40 heavy (non-hydrogen) atoms. The molecule has 3 aliphatic carbocycles. The number of aromatic hydroxyl groups is 1. The summed E-state index contributed by atoms with van der Waals surface area (Å²) in [6.07, 6.45) is 4.26. The van der Waals surface area contributed by atoms with Gasteiger partial charge in [0.1, 0.15) is 29.0 Å². The highest BCUT2D eigenvalue weighted by molar-refractivity contribution is 6.24. The number of primary amides is 1. The van der Waals surface area contributed by atoms with Crippen molar-refractivity contribution in [1.29, 1.82) is 0 Å². The van der Waals surface area contributed by atoms with Crippen LogP contribution in [0.4, 0.5) is 4.39 Å². The Kier molecular flexibility index (Phi) is 7.10. The van der Waals surface area contributed by atoms with Gasteiger partial charge in [-0.2, -0.15) is 0 Å². The number of carbonyl (C=O) groups excluding carboxylic acids is 3. The molecule has 0 unspecified atom stereocenters. The summed E-state index contributed by atoms with van der Waals surface area (Å²) in [5.41, 5.74) is 3.04. The Morgan fingerprint density at radius 3 is 2.50 bits per heavy atom. The zero-order chi connectivity index (χ0) is 29.1. The van der Waals surface area contributed by atoms with Gasteiger partial charge in [-0.05, 0) is 62.9 Å². The summed E-state index contributed by atoms with van der Waals surface area (Å²) < 4.78 is 13.5. The Hall–Kier alpha value is -3.54. The predicted octanol–water partition coefficient (Wildman–Crippen LogP) is 1.41. The van der Waals surface area contributed by atoms with Crippen molar-refractivity contribution in [2.24, 2.45) is 17.6 Å². The second-order valence-electron chi connectivity index (χ2n) is 11.4. The standard InChI is InChI=1S/C29H34FN3O7/c1-32(2)23-18-13-15-12-17-14(4-3-9-33-10-7-16(30)8-11-33)5-6-19(34)21(17)24(35)20(15)26(37)29(18,40)27(38)22(25(23)36)28(31)39/h3-6,15-16,18,23,34-35,38,40H,7-13H2,1-2H3,(H2,31,39)/b4-3+/t15-,18-,23-,29-/m0/s1. The highest BCUT2D eigenvalue weighted by Gasteiger charge is 2.64. The largest absolute Gasteiger partial charge is 0.508 e. The van der Waals surface area contributed by atoms with Crippen LogP contribution in [-0.2, 0) is 20.8 Å². The summed E-state index contributed by atoms with van der Waals surface area (Å²) in [6.45, 7) is 1.92. The maximum absolute atomic E-state index is 13.9. The van der Waals surface area contributed by atoms with E-state index in [0.29, 0.717) is 38.0 Å². The van der Waals surface area contributed by atoms with Gasteiger partial charge in [-0.25, -0.2) is 4.39 Å². The minimum atomic E-state index is -2.66. The maximum Gasteiger partial charge on any atom is 0.255 e. The van der Waals surface area contributed by atoms with E-state index in [4.69, 9.17) is 5.73 Å². The van der Waals surface area contributed by atoms with Gasteiger partial charge in [-0.15, -0.1) is 0 Å². The fourth-order valence-electron chi connectivity index (χ4n) is 6.84. The van der Waals surface area contributed by atoms with E-state index in [-0.39, 0.29) is 29.7 Å². The van der Waals surface area contributed by atoms with Crippen molar-refractivity contribution in [2.75, 3.05) is 33.7 Å². The Labute approximate surface area is 230 Å². The van der Waals surface area contributed by atoms with E-state index in [1.165, 1.54) is 11.0 Å². The Bertz CT molecular complexity index is 1380. The second kappa shape index (κ2) is 10.1. The Morgan fingerprint density at radius 2 is 1.88 bits per heavy atom. The summed E-state index contributed by atoms with van der Waals surface area (Å²) in [5.74, 6) is -6.75. The fourth-order valence-corrected chi connectivity index (χ4v) is 6.84. The molecule has 1 saturated heterocycles. The van der Waals surface area contributed by atoms with Crippen LogP contribution in [0, 0.1) is 11.8 Å². The van der Waals surface area contributed by atoms with Crippen molar-refractivity contribution in [3.8, 4) is 5.75 Å². The first-order valence-corrected chi connectivity index (χ1v) is 13.4. The number of nitrogens with zero attached hydrogens (tertiary/aromatic N) is 2. The summed E-state index contributed by atoms with van der Waals surface area (Å²) in [5, 5.41) is 44.6. The average Bonchev–Trinajstić information content (AvgIpc) is 2.88. The van der Waals surface area contributed by atoms with E-state index >= 15 is 0 Å². The number of carbonyl (C=O) groups is 3. The first-order chi connectivity index (χ1) is 18.9. The molecule has 1 aromatic carbocycles. The van der Waals surface area contributed by atoms with Crippen LogP contribution in [0.2, 0.25) is 0 Å². The molecule has 1 aromatic rings. The summed E-state index contributed by atoms with van der Waals surface area (Å²) in [7, 11) is 3.12. The molecule has 214 valence electrons. The van der Waals surface area contributed by atoms with Crippen LogP contribution in [0.15, 0.2) is 35.1 Å². The number of ketones is 2. The molecule has 1 heterocycles. The number of phenolic OH excluding ortho intramolecular Hbond substituents is 1. The third-order valence-corrected chi connectivity index (χ3v) is 8.82. The molecule has 2 fully saturated rings. The molecular formula is C29H34FN3O7. The lowest BCUT2D eigenvalue weighted by Gasteiger charge is -2.50. The van der Waals surface area contributed by atoms with Gasteiger partial charge < -0.3 is 26.2 Å². The third-order valence-electron chi connectivity index (χ3n) is 8.82. The molecule has 11 heteroatoms. The average molecular weight is 556 g/mol. The number of phenols is 1. The van der Waals surface area contributed by atoms with Gasteiger partial charge in [-0.1, -0.05) is 18.2 Å². The number of hydrogen-bond acceptors (Lipinski definition) is 9. The summed E-state index contributed by atoms with van der Waals surface area (Å²) in [4.78, 5) is 42.8. The summed E-state index contributed by atoms with van der Waals surface area (Å²) >= 11 is 0. The van der Waals surface area contributed by atoms with Gasteiger partial charge in [0.2, 0.25) is 5.78 Å². The molecule has 0 radical (unpaired) electrons. The molecule has 4 aliphatic rings. The monoisotopic (exact) mass is 555 g/mol. The Morgan fingerprint density at radius 1 is 1.20 bits per heavy atom. The molecule has 5 rings (SSSR count). The van der Waals surface area contributed by atoms with Gasteiger partial charge >= 0.3 is 0 Å². The van der Waals surface area contributed by atoms with Crippen molar-refractivity contribution < 1.29 is 39.2 Å². The van der Waals surface area contributed by atoms with E-state index in [2.05, 4.69) is 4.90 Å². The number of aliphatic hydroxyl groups excluding tert-OH is 2. The third kappa shape index (κ3) is 4.23. The van der Waals surface area contributed by atoms with Gasteiger partial charge in [-0.3, -0.25) is 24.2 Å². The number of amides is 1. The molecule has 1 aliphatic heterocycles. The molecule has 0 spiro atoms. The number of likely N-dealkylation sites (tertiary alicyclic amines) is 1. The number of likely N-dealkylation sites (N-methyl/N-ethyl adjacent to an activating group) is 1. The molecule has 0 aromatic heterocycles. The van der Waals surface area contributed by atoms with Crippen molar-refractivity contribution in [1.82, 2.24) is 9.80 Å². The van der Waals surface area contributed by atoms with Crippen LogP contribution in [0.5, 0.6) is 5.75 Å². The highest BCUT2D eigenvalue weighted by Crippen LogP contribution is 2.53. The number of nitrogens with two attached hydrogens (primary N) is 1. The number of rotatable bonds is 5. The smallest absolute Gasteiger partial charge is 0.255 e. The number of Topliss-reactive ketones (excluding diaryl/α,β-unsaturated/α-hetero) is 2. The molecule has 10 nitrogen and oxygen atoms in total. The fraction of sp³-hybridized carbons (Fsp3) is 0.483. The number of fused-ring (bicyclic) bond motifs is 3. The van der Waals surface area contributed by atoms with Gasteiger partial charge in [0.25, 0.3) is 5.91 Å². The molecule has 0 bridgehead atoms. The zero-order valence-corrected chi connectivity index (χ0v) is 22.4. The number of alkyl halides is 1. The van der Waals surface area contributed by atoms with E-state index in [0.717, 1.165) is 5.56 Å². The van der Waals surface area contributed by atoms with Crippen LogP contribution >= 0.6 is 0 Å². The van der Waals surface area contributed by atoms with Gasteiger partial charge in [0.15, 0.2) is 11.4 Å². The van der Waals surface area contributed by atoms with Crippen LogP contribution in [-0.4, -0.2) is 99.2 Å². The quantitative estimate of drug-likeness (QED) is 0.338. The second-order valence-corrected chi connectivity index (χ2v) is 11.4. The van der Waals surface area contributed by atoms with E-state index in [1.807, 2.05) is 12.2 Å². The predicted molar refractivity (Wildman–Crippen MR) is 144 cm³/mol. The lowest BCUT2D eigenvalue weighted by atomic mass is 9.57. The van der Waals surface area contributed by atoms with Crippen molar-refractivity contribution in [3.63, 3.8) is 0 Å². The first kappa shape index (κ1) is 28.0. The molecular weight excluding hydrogens is 521 g/mol. The van der Waals surface area contributed by atoms with Crippen molar-refractivity contribution in [2.45, 2.75) is 43.5 Å². The first-order valence-electron chi connectivity index (χ1n) is 13.4. The van der Waals surface area contributed by atoms with E-state index in [9.17, 15) is 39.2 Å². The number of piperidine rings is 1. The lowest BCUT2D eigenvalue weighted by Crippen LogP contribution is -2.65. The van der Waals surface area contributed by atoms with E-state index in [1.54, 1.807) is 20.2 Å². The van der Waals surface area contributed by atoms with Crippen LogP contribution < -0.4 is 5.73 Å². The summed E-state index contributed by atoms with van der Waals surface area (Å²) in [6, 6.07) is 1.98. The minimum Gasteiger partial charge on any atom is -0.508 e. The van der Waals surface area contributed by atoms with Crippen LogP contribution in [0.3, 0.4) is 0 Å². The highest BCUT2D eigenvalue weighted by atomic mass is 19.1. The number of benzene rings is 1. The molecule has 4 atom stereocenters. The topological polar surface area (TPSA) is 165 Å². The van der Waals surface area contributed by atoms with Crippen molar-refractivity contribution in [3.05, 3.63) is 51.8 Å². The zero-order valence-electron chi connectivity index (χ0n) is 22.4. The SMILES string of the molecule is CN(C)[C@@H]1C(=O)C(C(N)=O)=C(O)[C@@]2(O)C(=O)C3=C(O)c4c(O)ccc(/C=C/CN5CCC(F)CC5)c4C[C@H]3C[C@@H]12. The van der Waals surface area contributed by atoms with Crippen LogP contribution in [0.1, 0.15) is 36.0 Å². The van der Waals surface area contributed by atoms with Gasteiger partial charge in [0.05, 0.1) is 11.6 Å². The van der Waals surface area contributed by atoms with Gasteiger partial charge in [0, 0.05) is 31.1 Å². The number of hydrogen-bond donors (Lipinski definition) is 5. The van der Waals surface area contributed by atoms with Crippen LogP contribution in [0.25, 0.3) is 11.8 Å². The molecule has 1 amide bonds. The van der Waals surface area contributed by atoms with E-state index < -0.39 is 64.2 Å². The van der Waals surface area contributed by atoms with Crippen molar-refractivity contribution >= 4 is 29.3 Å². The maximum atomic E-state index is 13.9. The Balaban J connectivity index is 1.56. The minimum absolute atomic E-state index is 0.0305. The number of halogens is 1. The normalized spacial score (nSPS) is 29.7.